The molecular weight excluding hydrogens is 326 g/mol. The second-order valence-electron chi connectivity index (χ2n) is 5.76. The average molecular weight is 345 g/mol. The maximum absolute atomic E-state index is 12.5. The van der Waals surface area contributed by atoms with Crippen LogP contribution in [0.25, 0.3) is 0 Å². The zero-order chi connectivity index (χ0) is 17.8. The highest BCUT2D eigenvalue weighted by atomic mass is 16.6. The second kappa shape index (κ2) is 7.25. The van der Waals surface area contributed by atoms with Crippen molar-refractivity contribution >= 4 is 17.3 Å². The molecule has 2 heterocycles. The minimum absolute atomic E-state index is 0.0915. The molecule has 0 spiro atoms. The van der Waals surface area contributed by atoms with Crippen molar-refractivity contribution in [2.24, 2.45) is 0 Å². The van der Waals surface area contributed by atoms with Crippen molar-refractivity contribution in [1.82, 2.24) is 5.32 Å². The number of nitro groups is 1. The minimum atomic E-state index is -0.486. The highest BCUT2D eigenvalue weighted by Gasteiger charge is 2.31. The molecule has 0 bridgehead atoms. The Bertz CT molecular complexity index is 760. The zero-order valence-electron chi connectivity index (χ0n) is 13.8. The van der Waals surface area contributed by atoms with Crippen LogP contribution in [0.15, 0.2) is 41.0 Å². The number of nitrogens with one attached hydrogen (secondary N) is 1. The fraction of sp³-hybridized carbons (Fsp3) is 0.353. The van der Waals surface area contributed by atoms with Gasteiger partial charge in [-0.1, -0.05) is 0 Å². The number of furan rings is 1. The number of amides is 1. The first-order chi connectivity index (χ1) is 12.1. The summed E-state index contributed by atoms with van der Waals surface area (Å²) in [6.45, 7) is 1.04. The number of hydrogen-bond donors (Lipinski definition) is 1. The first-order valence-corrected chi connectivity index (χ1v) is 7.99. The van der Waals surface area contributed by atoms with Crippen molar-refractivity contribution in [3.8, 4) is 5.75 Å². The number of rotatable bonds is 6. The normalized spacial score (nSPS) is 16.7. The monoisotopic (exact) mass is 345 g/mol. The van der Waals surface area contributed by atoms with E-state index in [4.69, 9.17) is 9.15 Å². The number of nitrogens with zero attached hydrogens (tertiary/aromatic N) is 2. The molecule has 0 saturated carbocycles. The molecule has 3 rings (SSSR count). The molecule has 8 nitrogen and oxygen atoms in total. The maximum Gasteiger partial charge on any atom is 0.311 e. The molecule has 1 N–H and O–H groups in total. The summed E-state index contributed by atoms with van der Waals surface area (Å²) in [4.78, 5) is 25.0. The predicted octanol–water partition coefficient (Wildman–Crippen LogP) is 2.48. The number of ether oxygens (including phenoxy) is 1. The van der Waals surface area contributed by atoms with Crippen molar-refractivity contribution in [2.45, 2.75) is 25.4 Å². The van der Waals surface area contributed by atoms with Gasteiger partial charge in [0.25, 0.3) is 0 Å². The molecule has 132 valence electrons. The highest BCUT2D eigenvalue weighted by Crippen LogP contribution is 2.34. The summed E-state index contributed by atoms with van der Waals surface area (Å²) in [6.07, 6.45) is 3.16. The summed E-state index contributed by atoms with van der Waals surface area (Å²) in [7, 11) is 1.39. The lowest BCUT2D eigenvalue weighted by molar-refractivity contribution is -0.385. The first-order valence-electron chi connectivity index (χ1n) is 7.99. The van der Waals surface area contributed by atoms with Gasteiger partial charge in [-0.25, -0.2) is 0 Å². The van der Waals surface area contributed by atoms with Gasteiger partial charge < -0.3 is 19.4 Å². The third-order valence-electron chi connectivity index (χ3n) is 4.26. The Kier molecular flexibility index (Phi) is 4.87. The number of carbonyl (C=O) groups is 1. The van der Waals surface area contributed by atoms with E-state index in [-0.39, 0.29) is 23.4 Å². The van der Waals surface area contributed by atoms with Gasteiger partial charge in [-0.3, -0.25) is 14.9 Å². The lowest BCUT2D eigenvalue weighted by Gasteiger charge is -2.26. The second-order valence-corrected chi connectivity index (χ2v) is 5.76. The molecular formula is C17H19N3O5. The predicted molar refractivity (Wildman–Crippen MR) is 90.6 cm³/mol. The third kappa shape index (κ3) is 3.57. The van der Waals surface area contributed by atoms with Gasteiger partial charge in [-0.05, 0) is 31.0 Å². The Balaban J connectivity index is 1.74. The molecule has 1 saturated heterocycles. The summed E-state index contributed by atoms with van der Waals surface area (Å²) in [6, 6.07) is 7.92. The number of benzene rings is 1. The molecule has 1 aromatic carbocycles. The smallest absolute Gasteiger partial charge is 0.311 e. The molecule has 2 aromatic rings. The Hall–Kier alpha value is -3.03. The van der Waals surface area contributed by atoms with Gasteiger partial charge >= 0.3 is 5.69 Å². The van der Waals surface area contributed by atoms with E-state index in [1.165, 1.54) is 13.2 Å². The first kappa shape index (κ1) is 16.8. The van der Waals surface area contributed by atoms with Gasteiger partial charge in [0.15, 0.2) is 5.75 Å². The van der Waals surface area contributed by atoms with Crippen molar-refractivity contribution in [3.63, 3.8) is 0 Å². The maximum atomic E-state index is 12.5. The molecule has 1 amide bonds. The van der Waals surface area contributed by atoms with Crippen LogP contribution in [-0.2, 0) is 11.3 Å². The van der Waals surface area contributed by atoms with E-state index in [0.717, 1.165) is 18.5 Å². The molecule has 1 aromatic heterocycles. The van der Waals surface area contributed by atoms with Crippen molar-refractivity contribution < 1.29 is 18.9 Å². The molecule has 1 aliphatic heterocycles. The fourth-order valence-corrected chi connectivity index (χ4v) is 3.05. The fourth-order valence-electron chi connectivity index (χ4n) is 3.05. The number of methoxy groups -OCH3 is 1. The third-order valence-corrected chi connectivity index (χ3v) is 4.26. The van der Waals surface area contributed by atoms with Gasteiger partial charge in [0, 0.05) is 24.4 Å². The van der Waals surface area contributed by atoms with E-state index < -0.39 is 4.92 Å². The van der Waals surface area contributed by atoms with Crippen LogP contribution in [0, 0.1) is 10.1 Å². The summed E-state index contributed by atoms with van der Waals surface area (Å²) in [5, 5.41) is 13.9. The lowest BCUT2D eigenvalue weighted by atomic mass is 10.1. The van der Waals surface area contributed by atoms with E-state index >= 15 is 0 Å². The molecule has 0 radical (unpaired) electrons. The van der Waals surface area contributed by atoms with Crippen LogP contribution >= 0.6 is 0 Å². The van der Waals surface area contributed by atoms with E-state index in [0.29, 0.717) is 18.8 Å². The highest BCUT2D eigenvalue weighted by molar-refractivity contribution is 5.86. The van der Waals surface area contributed by atoms with Gasteiger partial charge in [-0.2, -0.15) is 0 Å². The van der Waals surface area contributed by atoms with Crippen LogP contribution in [0.4, 0.5) is 11.4 Å². The standard InChI is InChI=1S/C17H19N3O5/c1-24-16-10-12(6-7-14(16)20(22)23)19-8-2-5-15(19)17(21)18-11-13-4-3-9-25-13/h3-4,6-7,9-10,15H,2,5,8,11H2,1H3,(H,18,21)/t15-/m1/s1. The Morgan fingerprint density at radius 3 is 3.00 bits per heavy atom. The summed E-state index contributed by atoms with van der Waals surface area (Å²) < 4.78 is 10.3. The minimum Gasteiger partial charge on any atom is -0.490 e. The average Bonchev–Trinajstić information content (AvgIpc) is 3.30. The van der Waals surface area contributed by atoms with Crippen LogP contribution in [0.2, 0.25) is 0 Å². The Labute approximate surface area is 144 Å². The van der Waals surface area contributed by atoms with Crippen LogP contribution < -0.4 is 15.0 Å². The molecule has 8 heteroatoms. The van der Waals surface area contributed by atoms with E-state index in [9.17, 15) is 14.9 Å². The molecule has 25 heavy (non-hydrogen) atoms. The van der Waals surface area contributed by atoms with E-state index in [1.807, 2.05) is 4.90 Å². The molecule has 1 fully saturated rings. The summed E-state index contributed by atoms with van der Waals surface area (Å²) >= 11 is 0. The van der Waals surface area contributed by atoms with Gasteiger partial charge in [-0.15, -0.1) is 0 Å². The van der Waals surface area contributed by atoms with Crippen LogP contribution in [0.5, 0.6) is 5.75 Å². The molecule has 0 aliphatic carbocycles. The number of nitro benzene ring substituents is 1. The zero-order valence-corrected chi connectivity index (χ0v) is 13.8. The van der Waals surface area contributed by atoms with Crippen molar-refractivity contribution in [3.05, 3.63) is 52.5 Å². The van der Waals surface area contributed by atoms with Crippen molar-refractivity contribution in [2.75, 3.05) is 18.6 Å². The molecule has 1 atom stereocenters. The number of carbonyl (C=O) groups excluding carboxylic acids is 1. The topological polar surface area (TPSA) is 97.8 Å². The molecule has 1 aliphatic rings. The number of hydrogen-bond acceptors (Lipinski definition) is 6. The van der Waals surface area contributed by atoms with Crippen LogP contribution in [0.3, 0.4) is 0 Å². The molecule has 0 unspecified atom stereocenters. The van der Waals surface area contributed by atoms with Gasteiger partial charge in [0.05, 0.1) is 24.8 Å². The summed E-state index contributed by atoms with van der Waals surface area (Å²) in [5.74, 6) is 0.783. The van der Waals surface area contributed by atoms with E-state index in [2.05, 4.69) is 5.32 Å². The largest absolute Gasteiger partial charge is 0.490 e. The quantitative estimate of drug-likeness (QED) is 0.638. The Morgan fingerprint density at radius 2 is 2.32 bits per heavy atom. The van der Waals surface area contributed by atoms with E-state index in [1.54, 1.807) is 30.5 Å². The van der Waals surface area contributed by atoms with Gasteiger partial charge in [0.1, 0.15) is 11.8 Å². The lowest BCUT2D eigenvalue weighted by Crippen LogP contribution is -2.43. The summed E-state index contributed by atoms with van der Waals surface area (Å²) in [5.41, 5.74) is 0.641. The van der Waals surface area contributed by atoms with Crippen molar-refractivity contribution in [1.29, 1.82) is 0 Å². The van der Waals surface area contributed by atoms with Crippen LogP contribution in [-0.4, -0.2) is 30.5 Å². The number of anilines is 1. The Morgan fingerprint density at radius 1 is 1.48 bits per heavy atom. The van der Waals surface area contributed by atoms with Gasteiger partial charge in [0.2, 0.25) is 5.91 Å². The SMILES string of the molecule is COc1cc(N2CCC[C@@H]2C(=O)NCc2ccco2)ccc1[N+](=O)[O-]. The van der Waals surface area contributed by atoms with Crippen LogP contribution in [0.1, 0.15) is 18.6 Å².